The minimum absolute atomic E-state index is 0.590. The molecule has 13 heavy (non-hydrogen) atoms. The molecule has 0 radical (unpaired) electrons. The Balaban J connectivity index is 2.79. The molecule has 0 spiro atoms. The summed E-state index contributed by atoms with van der Waals surface area (Å²) in [5.74, 6) is -1.07. The molecule has 0 aliphatic rings. The van der Waals surface area contributed by atoms with Crippen molar-refractivity contribution < 1.29 is 15.0 Å². The molecule has 3 nitrogen and oxygen atoms in total. The third-order valence-corrected chi connectivity index (χ3v) is 2.55. The van der Waals surface area contributed by atoms with Gasteiger partial charge in [0.25, 0.3) is 0 Å². The molecule has 0 unspecified atom stereocenters. The van der Waals surface area contributed by atoms with Gasteiger partial charge in [-0.15, -0.1) is 0 Å². The predicted octanol–water partition coefficient (Wildman–Crippen LogP) is 1.57. The molecular formula is C9H9BrO3. The summed E-state index contributed by atoms with van der Waals surface area (Å²) in [5.41, 5.74) is 0.590. The lowest BCUT2D eigenvalue weighted by molar-refractivity contribution is -0.138. The minimum Gasteiger partial charge on any atom is -0.480 e. The molecule has 1 aromatic rings. The van der Waals surface area contributed by atoms with Gasteiger partial charge in [0.05, 0.1) is 0 Å². The third-order valence-electron chi connectivity index (χ3n) is 1.65. The van der Waals surface area contributed by atoms with E-state index in [1.165, 1.54) is 0 Å². The summed E-state index contributed by atoms with van der Waals surface area (Å²) in [6.45, 7) is 0. The van der Waals surface area contributed by atoms with Crippen LogP contribution in [-0.2, 0) is 4.79 Å². The van der Waals surface area contributed by atoms with Crippen LogP contribution < -0.4 is 0 Å². The molecule has 0 heterocycles. The Kier molecular flexibility index (Phi) is 3.45. The fraction of sp³-hybridized carbons (Fsp3) is 0.222. The Labute approximate surface area is 84.1 Å². The van der Waals surface area contributed by atoms with Crippen molar-refractivity contribution in [2.45, 2.75) is 10.9 Å². The van der Waals surface area contributed by atoms with E-state index in [-0.39, 0.29) is 0 Å². The van der Waals surface area contributed by atoms with Gasteiger partial charge in [0.1, 0.15) is 10.9 Å². The Morgan fingerprint density at radius 1 is 1.31 bits per heavy atom. The van der Waals surface area contributed by atoms with Crippen molar-refractivity contribution in [3.63, 3.8) is 0 Å². The lowest BCUT2D eigenvalue weighted by atomic mass is 10.1. The van der Waals surface area contributed by atoms with Crippen molar-refractivity contribution in [3.05, 3.63) is 35.9 Å². The molecule has 0 aliphatic carbocycles. The highest BCUT2D eigenvalue weighted by Crippen LogP contribution is 2.21. The second kappa shape index (κ2) is 4.39. The number of rotatable bonds is 3. The first-order valence-electron chi connectivity index (χ1n) is 3.73. The Bertz CT molecular complexity index is 286. The normalized spacial score (nSPS) is 14.9. The molecule has 2 N–H and O–H groups in total. The summed E-state index contributed by atoms with van der Waals surface area (Å²) >= 11 is 2.89. The zero-order chi connectivity index (χ0) is 9.84. The SMILES string of the molecule is O=C(O)[C@@H](Br)[C@@H](O)c1ccccc1. The molecule has 0 aromatic heterocycles. The maximum absolute atomic E-state index is 10.5. The molecule has 0 aliphatic heterocycles. The molecule has 0 fully saturated rings. The van der Waals surface area contributed by atoms with Crippen LogP contribution >= 0.6 is 15.9 Å². The summed E-state index contributed by atoms with van der Waals surface area (Å²) in [7, 11) is 0. The molecule has 2 atom stereocenters. The van der Waals surface area contributed by atoms with Crippen molar-refractivity contribution in [3.8, 4) is 0 Å². The summed E-state index contributed by atoms with van der Waals surface area (Å²) in [6.07, 6.45) is -1.02. The van der Waals surface area contributed by atoms with Gasteiger partial charge in [-0.2, -0.15) is 0 Å². The second-order valence-electron chi connectivity index (χ2n) is 2.60. The van der Waals surface area contributed by atoms with Crippen molar-refractivity contribution in [2.75, 3.05) is 0 Å². The molecule has 0 bridgehead atoms. The number of halogens is 1. The van der Waals surface area contributed by atoms with E-state index < -0.39 is 16.9 Å². The van der Waals surface area contributed by atoms with Crippen LogP contribution in [0.1, 0.15) is 11.7 Å². The minimum atomic E-state index is -1.07. The number of aliphatic hydroxyl groups excluding tert-OH is 1. The number of hydrogen-bond acceptors (Lipinski definition) is 2. The lowest BCUT2D eigenvalue weighted by Crippen LogP contribution is -2.21. The van der Waals surface area contributed by atoms with E-state index in [0.717, 1.165) is 0 Å². The Morgan fingerprint density at radius 2 is 1.85 bits per heavy atom. The smallest absolute Gasteiger partial charge is 0.320 e. The van der Waals surface area contributed by atoms with Crippen molar-refractivity contribution >= 4 is 21.9 Å². The highest BCUT2D eigenvalue weighted by Gasteiger charge is 2.24. The number of aliphatic carboxylic acids is 1. The molecule has 4 heteroatoms. The van der Waals surface area contributed by atoms with Gasteiger partial charge in [0.15, 0.2) is 0 Å². The van der Waals surface area contributed by atoms with Crippen LogP contribution in [0.4, 0.5) is 0 Å². The summed E-state index contributed by atoms with van der Waals surface area (Å²) in [4.78, 5) is 9.54. The predicted molar refractivity (Wildman–Crippen MR) is 51.8 cm³/mol. The van der Waals surface area contributed by atoms with Crippen LogP contribution in [0.3, 0.4) is 0 Å². The average Bonchev–Trinajstić information content (AvgIpc) is 2.17. The maximum atomic E-state index is 10.5. The zero-order valence-corrected chi connectivity index (χ0v) is 8.31. The number of alkyl halides is 1. The lowest BCUT2D eigenvalue weighted by Gasteiger charge is -2.13. The van der Waals surface area contributed by atoms with Gasteiger partial charge < -0.3 is 10.2 Å². The standard InChI is InChI=1S/C9H9BrO3/c10-7(9(12)13)8(11)6-4-2-1-3-5-6/h1-5,7-8,11H,(H,12,13)/t7-,8-/m0/s1. The highest BCUT2D eigenvalue weighted by molar-refractivity contribution is 9.10. The van der Waals surface area contributed by atoms with E-state index in [1.807, 2.05) is 0 Å². The van der Waals surface area contributed by atoms with E-state index in [4.69, 9.17) is 5.11 Å². The van der Waals surface area contributed by atoms with Crippen molar-refractivity contribution in [1.29, 1.82) is 0 Å². The number of hydrogen-bond donors (Lipinski definition) is 2. The van der Waals surface area contributed by atoms with Gasteiger partial charge in [-0.25, -0.2) is 0 Å². The second-order valence-corrected chi connectivity index (χ2v) is 3.58. The number of carbonyl (C=O) groups is 1. The molecule has 70 valence electrons. The number of carboxylic acids is 1. The van der Waals surface area contributed by atoms with Gasteiger partial charge in [-0.3, -0.25) is 4.79 Å². The quantitative estimate of drug-likeness (QED) is 0.794. The van der Waals surface area contributed by atoms with Crippen LogP contribution in [0.25, 0.3) is 0 Å². The summed E-state index contributed by atoms with van der Waals surface area (Å²) < 4.78 is 0. The van der Waals surface area contributed by atoms with Gasteiger partial charge in [-0.1, -0.05) is 46.3 Å². The summed E-state index contributed by atoms with van der Waals surface area (Å²) in [6, 6.07) is 8.67. The van der Waals surface area contributed by atoms with Crippen LogP contribution in [0.2, 0.25) is 0 Å². The number of aliphatic hydroxyl groups is 1. The van der Waals surface area contributed by atoms with E-state index in [9.17, 15) is 9.90 Å². The third kappa shape index (κ3) is 2.54. The van der Waals surface area contributed by atoms with E-state index in [1.54, 1.807) is 30.3 Å². The number of carboxylic acid groups (broad SMARTS) is 1. The monoisotopic (exact) mass is 244 g/mol. The van der Waals surface area contributed by atoms with Gasteiger partial charge >= 0.3 is 5.97 Å². The van der Waals surface area contributed by atoms with Crippen LogP contribution in [0.5, 0.6) is 0 Å². The Hall–Kier alpha value is -0.870. The van der Waals surface area contributed by atoms with E-state index >= 15 is 0 Å². The largest absolute Gasteiger partial charge is 0.480 e. The van der Waals surface area contributed by atoms with Crippen LogP contribution in [0, 0.1) is 0 Å². The van der Waals surface area contributed by atoms with Crippen LogP contribution in [-0.4, -0.2) is 21.0 Å². The molecule has 0 saturated heterocycles. The topological polar surface area (TPSA) is 57.5 Å². The average molecular weight is 245 g/mol. The van der Waals surface area contributed by atoms with E-state index in [2.05, 4.69) is 15.9 Å². The molecular weight excluding hydrogens is 236 g/mol. The molecule has 0 saturated carbocycles. The first-order valence-corrected chi connectivity index (χ1v) is 4.64. The zero-order valence-electron chi connectivity index (χ0n) is 6.72. The molecule has 1 aromatic carbocycles. The van der Waals surface area contributed by atoms with Gasteiger partial charge in [-0.05, 0) is 5.56 Å². The number of benzene rings is 1. The molecule has 0 amide bonds. The summed E-state index contributed by atoms with van der Waals surface area (Å²) in [5, 5.41) is 18.1. The maximum Gasteiger partial charge on any atom is 0.320 e. The molecule has 1 rings (SSSR count). The Morgan fingerprint density at radius 3 is 2.31 bits per heavy atom. The van der Waals surface area contributed by atoms with Gasteiger partial charge in [0, 0.05) is 0 Å². The first-order chi connectivity index (χ1) is 6.13. The van der Waals surface area contributed by atoms with Crippen LogP contribution in [0.15, 0.2) is 30.3 Å². The highest BCUT2D eigenvalue weighted by atomic mass is 79.9. The van der Waals surface area contributed by atoms with E-state index in [0.29, 0.717) is 5.56 Å². The fourth-order valence-electron chi connectivity index (χ4n) is 0.954. The van der Waals surface area contributed by atoms with Crippen molar-refractivity contribution in [1.82, 2.24) is 0 Å². The van der Waals surface area contributed by atoms with Crippen molar-refractivity contribution in [2.24, 2.45) is 0 Å². The van der Waals surface area contributed by atoms with Gasteiger partial charge in [0.2, 0.25) is 0 Å². The fourth-order valence-corrected chi connectivity index (χ4v) is 1.26. The first kappa shape index (κ1) is 10.2.